The molecule has 0 aliphatic carbocycles. The van der Waals surface area contributed by atoms with E-state index in [-0.39, 0.29) is 12.0 Å². The van der Waals surface area contributed by atoms with E-state index in [2.05, 4.69) is 35.4 Å². The molecule has 98 valence electrons. The quantitative estimate of drug-likeness (QED) is 0.850. The second-order valence-electron chi connectivity index (χ2n) is 4.79. The van der Waals surface area contributed by atoms with Crippen LogP contribution >= 0.6 is 11.8 Å². The fraction of sp³-hybridized carbons (Fsp3) is 0.500. The number of benzene rings is 1. The van der Waals surface area contributed by atoms with Crippen molar-refractivity contribution in [2.24, 2.45) is 5.92 Å². The van der Waals surface area contributed by atoms with Crippen molar-refractivity contribution in [2.45, 2.75) is 30.8 Å². The lowest BCUT2D eigenvalue weighted by Crippen LogP contribution is -2.32. The van der Waals surface area contributed by atoms with Crippen molar-refractivity contribution in [2.75, 3.05) is 12.8 Å². The van der Waals surface area contributed by atoms with Gasteiger partial charge in [0.15, 0.2) is 0 Å². The number of hydrogen-bond donors (Lipinski definition) is 1. The summed E-state index contributed by atoms with van der Waals surface area (Å²) in [6.07, 6.45) is 2.83. The van der Waals surface area contributed by atoms with Crippen LogP contribution in [-0.2, 0) is 11.3 Å². The van der Waals surface area contributed by atoms with Gasteiger partial charge in [-0.05, 0) is 43.8 Å². The van der Waals surface area contributed by atoms with Gasteiger partial charge in [0.25, 0.3) is 0 Å². The highest BCUT2D eigenvalue weighted by Crippen LogP contribution is 2.26. The third kappa shape index (κ3) is 2.87. The van der Waals surface area contributed by atoms with Gasteiger partial charge >= 0.3 is 5.97 Å². The fourth-order valence-electron chi connectivity index (χ4n) is 2.52. The van der Waals surface area contributed by atoms with Crippen molar-refractivity contribution in [1.29, 1.82) is 0 Å². The summed E-state index contributed by atoms with van der Waals surface area (Å²) in [7, 11) is 0. The van der Waals surface area contributed by atoms with Crippen LogP contribution in [0.3, 0.4) is 0 Å². The van der Waals surface area contributed by atoms with Crippen molar-refractivity contribution >= 4 is 17.7 Å². The van der Waals surface area contributed by atoms with E-state index < -0.39 is 5.97 Å². The lowest BCUT2D eigenvalue weighted by Gasteiger charge is -2.23. The van der Waals surface area contributed by atoms with Crippen LogP contribution in [0.4, 0.5) is 0 Å². The molecule has 2 atom stereocenters. The van der Waals surface area contributed by atoms with Gasteiger partial charge in [-0.15, -0.1) is 11.8 Å². The summed E-state index contributed by atoms with van der Waals surface area (Å²) in [5.74, 6) is -0.877. The molecule has 1 saturated heterocycles. The number of hydrogen-bond acceptors (Lipinski definition) is 3. The molecule has 1 heterocycles. The largest absolute Gasteiger partial charge is 0.481 e. The summed E-state index contributed by atoms with van der Waals surface area (Å²) in [5, 5.41) is 9.11. The van der Waals surface area contributed by atoms with Crippen LogP contribution < -0.4 is 0 Å². The van der Waals surface area contributed by atoms with Crippen LogP contribution in [0, 0.1) is 5.92 Å². The van der Waals surface area contributed by atoms with Gasteiger partial charge in [0, 0.05) is 17.5 Å². The molecule has 3 nitrogen and oxygen atoms in total. The molecule has 0 aromatic heterocycles. The normalized spacial score (nSPS) is 24.3. The minimum absolute atomic E-state index is 0.128. The van der Waals surface area contributed by atoms with Crippen molar-refractivity contribution in [3.63, 3.8) is 0 Å². The van der Waals surface area contributed by atoms with Gasteiger partial charge < -0.3 is 5.11 Å². The Morgan fingerprint density at radius 3 is 2.61 bits per heavy atom. The van der Waals surface area contributed by atoms with E-state index in [0.29, 0.717) is 0 Å². The topological polar surface area (TPSA) is 40.5 Å². The molecule has 4 heteroatoms. The van der Waals surface area contributed by atoms with Crippen LogP contribution in [0.2, 0.25) is 0 Å². The van der Waals surface area contributed by atoms with Crippen molar-refractivity contribution in [3.8, 4) is 0 Å². The molecule has 1 aliphatic heterocycles. The van der Waals surface area contributed by atoms with Crippen LogP contribution in [0.25, 0.3) is 0 Å². The van der Waals surface area contributed by atoms with Crippen molar-refractivity contribution in [1.82, 2.24) is 4.90 Å². The van der Waals surface area contributed by atoms with E-state index in [1.807, 2.05) is 6.92 Å². The number of carbonyl (C=O) groups is 1. The Kier molecular flexibility index (Phi) is 4.30. The van der Waals surface area contributed by atoms with E-state index in [1.54, 1.807) is 11.8 Å². The Morgan fingerprint density at radius 2 is 2.11 bits per heavy atom. The van der Waals surface area contributed by atoms with E-state index >= 15 is 0 Å². The molecule has 0 bridgehead atoms. The molecule has 2 rings (SSSR count). The standard InChI is InChI=1S/C14H19NO2S/c1-10-13(14(16)17)7-8-15(10)9-11-3-5-12(18-2)6-4-11/h3-6,10,13H,7-9H2,1-2H3,(H,16,17). The zero-order chi connectivity index (χ0) is 13.1. The maximum absolute atomic E-state index is 11.1. The van der Waals surface area contributed by atoms with Gasteiger partial charge in [0.1, 0.15) is 0 Å². The van der Waals surface area contributed by atoms with Gasteiger partial charge in [-0.1, -0.05) is 12.1 Å². The average molecular weight is 265 g/mol. The van der Waals surface area contributed by atoms with Gasteiger partial charge in [-0.3, -0.25) is 9.69 Å². The molecule has 0 amide bonds. The molecule has 0 saturated carbocycles. The molecular weight excluding hydrogens is 246 g/mol. The molecule has 0 spiro atoms. The van der Waals surface area contributed by atoms with Gasteiger partial charge in [-0.2, -0.15) is 0 Å². The van der Waals surface area contributed by atoms with Gasteiger partial charge in [0.05, 0.1) is 5.92 Å². The smallest absolute Gasteiger partial charge is 0.308 e. The minimum atomic E-state index is -0.664. The highest BCUT2D eigenvalue weighted by molar-refractivity contribution is 7.98. The number of likely N-dealkylation sites (tertiary alicyclic amines) is 1. The predicted molar refractivity (Wildman–Crippen MR) is 73.8 cm³/mol. The summed E-state index contributed by atoms with van der Waals surface area (Å²) >= 11 is 1.73. The second-order valence-corrected chi connectivity index (χ2v) is 5.67. The zero-order valence-corrected chi connectivity index (χ0v) is 11.6. The molecule has 1 fully saturated rings. The maximum atomic E-state index is 11.1. The number of nitrogens with zero attached hydrogens (tertiary/aromatic N) is 1. The molecule has 1 aromatic rings. The Balaban J connectivity index is 1.99. The van der Waals surface area contributed by atoms with E-state index in [4.69, 9.17) is 5.11 Å². The van der Waals surface area contributed by atoms with E-state index in [1.165, 1.54) is 10.5 Å². The fourth-order valence-corrected chi connectivity index (χ4v) is 2.93. The number of carboxylic acids is 1. The Bertz CT molecular complexity index is 418. The third-order valence-corrected chi connectivity index (χ3v) is 4.49. The average Bonchev–Trinajstić information content (AvgIpc) is 2.72. The van der Waals surface area contributed by atoms with Crippen LogP contribution in [0.1, 0.15) is 18.9 Å². The van der Waals surface area contributed by atoms with Gasteiger partial charge in [0.2, 0.25) is 0 Å². The molecule has 1 aromatic carbocycles. The first kappa shape index (κ1) is 13.4. The molecule has 2 unspecified atom stereocenters. The number of carboxylic acid groups (broad SMARTS) is 1. The summed E-state index contributed by atoms with van der Waals surface area (Å²) in [4.78, 5) is 14.6. The first-order chi connectivity index (χ1) is 8.61. The third-order valence-electron chi connectivity index (χ3n) is 3.75. The molecule has 1 aliphatic rings. The Morgan fingerprint density at radius 1 is 1.44 bits per heavy atom. The number of thioether (sulfide) groups is 1. The highest BCUT2D eigenvalue weighted by Gasteiger charge is 2.35. The Labute approximate surface area is 112 Å². The summed E-state index contributed by atoms with van der Waals surface area (Å²) in [6.45, 7) is 3.74. The lowest BCUT2D eigenvalue weighted by atomic mass is 10.0. The second kappa shape index (κ2) is 5.76. The van der Waals surface area contributed by atoms with Crippen molar-refractivity contribution < 1.29 is 9.90 Å². The summed E-state index contributed by atoms with van der Waals surface area (Å²) in [5.41, 5.74) is 1.26. The monoisotopic (exact) mass is 265 g/mol. The summed E-state index contributed by atoms with van der Waals surface area (Å²) < 4.78 is 0. The highest BCUT2D eigenvalue weighted by atomic mass is 32.2. The van der Waals surface area contributed by atoms with Crippen molar-refractivity contribution in [3.05, 3.63) is 29.8 Å². The Hall–Kier alpha value is -1.00. The lowest BCUT2D eigenvalue weighted by molar-refractivity contribution is -0.142. The first-order valence-corrected chi connectivity index (χ1v) is 7.44. The van der Waals surface area contributed by atoms with Gasteiger partial charge in [-0.25, -0.2) is 0 Å². The predicted octanol–water partition coefficient (Wildman–Crippen LogP) is 2.70. The zero-order valence-electron chi connectivity index (χ0n) is 10.8. The van der Waals surface area contributed by atoms with Crippen LogP contribution in [-0.4, -0.2) is 34.8 Å². The molecule has 18 heavy (non-hydrogen) atoms. The van der Waals surface area contributed by atoms with Crippen LogP contribution in [0.5, 0.6) is 0 Å². The van der Waals surface area contributed by atoms with E-state index in [0.717, 1.165) is 19.5 Å². The molecule has 0 radical (unpaired) electrons. The number of aliphatic carboxylic acids is 1. The number of rotatable bonds is 4. The van der Waals surface area contributed by atoms with Crippen LogP contribution in [0.15, 0.2) is 29.2 Å². The first-order valence-electron chi connectivity index (χ1n) is 6.21. The minimum Gasteiger partial charge on any atom is -0.481 e. The molecular formula is C14H19NO2S. The van der Waals surface area contributed by atoms with E-state index in [9.17, 15) is 4.79 Å². The summed E-state index contributed by atoms with van der Waals surface area (Å²) in [6, 6.07) is 8.63. The molecule has 1 N–H and O–H groups in total. The SMILES string of the molecule is CSc1ccc(CN2CCC(C(=O)O)C2C)cc1. The maximum Gasteiger partial charge on any atom is 0.308 e.